The third kappa shape index (κ3) is 4.82. The molecule has 0 saturated carbocycles. The molecule has 3 N–H and O–H groups in total. The molecular formula is C27H31N5O4. The van der Waals surface area contributed by atoms with Gasteiger partial charge in [0.2, 0.25) is 11.8 Å². The molecule has 2 amide bonds. The number of hydrogen-bond donors (Lipinski definition) is 2. The van der Waals surface area contributed by atoms with Crippen molar-refractivity contribution in [3.8, 4) is 0 Å². The van der Waals surface area contributed by atoms with Crippen LogP contribution in [0.5, 0.6) is 0 Å². The molecule has 0 unspecified atom stereocenters. The molecule has 36 heavy (non-hydrogen) atoms. The van der Waals surface area contributed by atoms with Gasteiger partial charge in [-0.25, -0.2) is 4.79 Å². The van der Waals surface area contributed by atoms with Crippen molar-refractivity contribution in [1.29, 1.82) is 0 Å². The molecule has 1 aliphatic heterocycles. The molecule has 1 aliphatic rings. The number of carbonyl (C=O) groups is 2. The first kappa shape index (κ1) is 25.0. The SMILES string of the molecule is CC(C)CCN(C(=O)[C@@H]1CC(=O)N(C)c2ccccc21)c1c(N)n(Cc2ccccc2)c(=O)[nH]c1=O. The van der Waals surface area contributed by atoms with Crippen LogP contribution in [0, 0.1) is 5.92 Å². The summed E-state index contributed by atoms with van der Waals surface area (Å²) in [5.74, 6) is -1.21. The number of carbonyl (C=O) groups excluding carboxylic acids is 2. The number of H-pyrrole nitrogens is 1. The minimum Gasteiger partial charge on any atom is -0.383 e. The molecule has 1 aromatic heterocycles. The lowest BCUT2D eigenvalue weighted by Crippen LogP contribution is -2.46. The first-order chi connectivity index (χ1) is 17.2. The van der Waals surface area contributed by atoms with E-state index in [4.69, 9.17) is 5.73 Å². The van der Waals surface area contributed by atoms with Crippen LogP contribution in [0.1, 0.15) is 43.7 Å². The van der Waals surface area contributed by atoms with Crippen molar-refractivity contribution in [2.75, 3.05) is 29.1 Å². The molecule has 0 radical (unpaired) electrons. The minimum absolute atomic E-state index is 0.0218. The third-order valence-corrected chi connectivity index (χ3v) is 6.59. The van der Waals surface area contributed by atoms with E-state index in [0.717, 1.165) is 5.56 Å². The Balaban J connectivity index is 1.82. The topological polar surface area (TPSA) is 121 Å². The summed E-state index contributed by atoms with van der Waals surface area (Å²) in [4.78, 5) is 57.8. The zero-order valence-corrected chi connectivity index (χ0v) is 20.7. The fourth-order valence-electron chi connectivity index (χ4n) is 4.53. The second-order valence-electron chi connectivity index (χ2n) is 9.51. The lowest BCUT2D eigenvalue weighted by molar-refractivity contribution is -0.125. The van der Waals surface area contributed by atoms with Gasteiger partial charge in [-0.3, -0.25) is 23.9 Å². The predicted octanol–water partition coefficient (Wildman–Crippen LogP) is 2.70. The van der Waals surface area contributed by atoms with Crippen LogP contribution >= 0.6 is 0 Å². The van der Waals surface area contributed by atoms with E-state index in [1.165, 1.54) is 9.47 Å². The number of anilines is 3. The van der Waals surface area contributed by atoms with Crippen LogP contribution in [-0.4, -0.2) is 35.0 Å². The van der Waals surface area contributed by atoms with Crippen LogP contribution in [-0.2, 0) is 16.1 Å². The van der Waals surface area contributed by atoms with Crippen molar-refractivity contribution in [2.24, 2.45) is 5.92 Å². The van der Waals surface area contributed by atoms with Crippen LogP contribution in [0.3, 0.4) is 0 Å². The van der Waals surface area contributed by atoms with Crippen molar-refractivity contribution >= 4 is 29.0 Å². The average molecular weight is 490 g/mol. The summed E-state index contributed by atoms with van der Waals surface area (Å²) in [5.41, 5.74) is 7.17. The zero-order chi connectivity index (χ0) is 26.0. The van der Waals surface area contributed by atoms with E-state index in [1.807, 2.05) is 62.4 Å². The second kappa shape index (κ2) is 10.2. The van der Waals surface area contributed by atoms with Crippen molar-refractivity contribution in [3.05, 3.63) is 86.6 Å². The van der Waals surface area contributed by atoms with Crippen LogP contribution in [0.15, 0.2) is 64.2 Å². The standard InChI is InChI=1S/C27H31N5O4/c1-17(2)13-14-31(26(35)20-15-22(33)30(3)21-12-8-7-11-19(20)21)23-24(28)32(27(36)29-25(23)34)16-18-9-5-4-6-10-18/h4-12,17,20H,13-16,28H2,1-3H3,(H,29,34,36)/t20-/m1/s1. The molecule has 188 valence electrons. The third-order valence-electron chi connectivity index (χ3n) is 6.59. The Hall–Kier alpha value is -4.14. The molecule has 3 aromatic rings. The van der Waals surface area contributed by atoms with Crippen molar-refractivity contribution < 1.29 is 9.59 Å². The number of para-hydroxylation sites is 1. The zero-order valence-electron chi connectivity index (χ0n) is 20.7. The highest BCUT2D eigenvalue weighted by Gasteiger charge is 2.37. The van der Waals surface area contributed by atoms with E-state index in [2.05, 4.69) is 4.98 Å². The van der Waals surface area contributed by atoms with Gasteiger partial charge < -0.3 is 15.5 Å². The molecule has 1 atom stereocenters. The number of nitrogens with two attached hydrogens (primary N) is 1. The summed E-state index contributed by atoms with van der Waals surface area (Å²) in [6.07, 6.45) is 0.580. The largest absolute Gasteiger partial charge is 0.383 e. The van der Waals surface area contributed by atoms with Gasteiger partial charge in [0, 0.05) is 25.7 Å². The van der Waals surface area contributed by atoms with E-state index in [0.29, 0.717) is 17.7 Å². The number of rotatable bonds is 7. The summed E-state index contributed by atoms with van der Waals surface area (Å²) in [6, 6.07) is 16.5. The van der Waals surface area contributed by atoms with Crippen LogP contribution in [0.4, 0.5) is 17.2 Å². The van der Waals surface area contributed by atoms with Gasteiger partial charge in [-0.2, -0.15) is 0 Å². The fourth-order valence-corrected chi connectivity index (χ4v) is 4.53. The minimum atomic E-state index is -0.773. The van der Waals surface area contributed by atoms with Crippen LogP contribution in [0.2, 0.25) is 0 Å². The molecule has 9 heteroatoms. The van der Waals surface area contributed by atoms with Gasteiger partial charge in [-0.05, 0) is 29.5 Å². The number of aromatic nitrogens is 2. The Morgan fingerprint density at radius 2 is 1.75 bits per heavy atom. The molecule has 0 aliphatic carbocycles. The fraction of sp³-hybridized carbons (Fsp3) is 0.333. The Bertz CT molecular complexity index is 1390. The summed E-state index contributed by atoms with van der Waals surface area (Å²) in [5, 5.41) is 0. The number of nitrogen functional groups attached to an aromatic ring is 1. The summed E-state index contributed by atoms with van der Waals surface area (Å²) in [7, 11) is 1.68. The van der Waals surface area contributed by atoms with Gasteiger partial charge in [-0.1, -0.05) is 62.4 Å². The number of aromatic amines is 1. The number of amides is 2. The maximum absolute atomic E-state index is 14.0. The number of nitrogens with one attached hydrogen (secondary N) is 1. The maximum Gasteiger partial charge on any atom is 0.330 e. The smallest absolute Gasteiger partial charge is 0.330 e. The first-order valence-electron chi connectivity index (χ1n) is 12.0. The second-order valence-corrected chi connectivity index (χ2v) is 9.51. The van der Waals surface area contributed by atoms with E-state index >= 15 is 0 Å². The predicted molar refractivity (Wildman–Crippen MR) is 140 cm³/mol. The molecule has 2 aromatic carbocycles. The summed E-state index contributed by atoms with van der Waals surface area (Å²) < 4.78 is 1.26. The van der Waals surface area contributed by atoms with Gasteiger partial charge in [0.1, 0.15) is 5.82 Å². The Kier molecular flexibility index (Phi) is 7.10. The highest BCUT2D eigenvalue weighted by molar-refractivity contribution is 6.07. The van der Waals surface area contributed by atoms with Crippen LogP contribution in [0.25, 0.3) is 0 Å². The van der Waals surface area contributed by atoms with Crippen LogP contribution < -0.4 is 26.8 Å². The molecule has 0 saturated heterocycles. The molecular weight excluding hydrogens is 458 g/mol. The number of hydrogen-bond acceptors (Lipinski definition) is 5. The Morgan fingerprint density at radius 3 is 2.44 bits per heavy atom. The highest BCUT2D eigenvalue weighted by atomic mass is 16.2. The first-order valence-corrected chi connectivity index (χ1v) is 12.0. The van der Waals surface area contributed by atoms with Crippen molar-refractivity contribution in [3.63, 3.8) is 0 Å². The monoisotopic (exact) mass is 489 g/mol. The molecule has 0 bridgehead atoms. The van der Waals surface area contributed by atoms with E-state index < -0.39 is 23.1 Å². The van der Waals surface area contributed by atoms with Crippen molar-refractivity contribution in [1.82, 2.24) is 9.55 Å². The van der Waals surface area contributed by atoms with Gasteiger partial charge in [0.05, 0.1) is 12.5 Å². The Morgan fingerprint density at radius 1 is 1.08 bits per heavy atom. The average Bonchev–Trinajstić information content (AvgIpc) is 2.86. The van der Waals surface area contributed by atoms with Gasteiger partial charge >= 0.3 is 5.69 Å². The molecule has 0 spiro atoms. The maximum atomic E-state index is 14.0. The van der Waals surface area contributed by atoms with Crippen molar-refractivity contribution in [2.45, 2.75) is 39.2 Å². The summed E-state index contributed by atoms with van der Waals surface area (Å²) >= 11 is 0. The van der Waals surface area contributed by atoms with E-state index in [9.17, 15) is 19.2 Å². The van der Waals surface area contributed by atoms with E-state index in [-0.39, 0.29) is 42.8 Å². The molecule has 4 rings (SSSR count). The normalized spacial score (nSPS) is 15.2. The Labute approximate surface area is 209 Å². The van der Waals surface area contributed by atoms with Gasteiger partial charge in [-0.15, -0.1) is 0 Å². The molecule has 0 fully saturated rings. The van der Waals surface area contributed by atoms with E-state index in [1.54, 1.807) is 18.0 Å². The highest BCUT2D eigenvalue weighted by Crippen LogP contribution is 2.37. The lowest BCUT2D eigenvalue weighted by atomic mass is 9.88. The summed E-state index contributed by atoms with van der Waals surface area (Å²) in [6.45, 7) is 4.38. The van der Waals surface area contributed by atoms with Gasteiger partial charge in [0.25, 0.3) is 5.56 Å². The number of benzene rings is 2. The molecule has 2 heterocycles. The van der Waals surface area contributed by atoms with Gasteiger partial charge in [0.15, 0.2) is 5.69 Å². The molecule has 9 nitrogen and oxygen atoms in total. The lowest BCUT2D eigenvalue weighted by Gasteiger charge is -2.34. The quantitative estimate of drug-likeness (QED) is 0.529. The number of nitrogens with zero attached hydrogens (tertiary/aromatic N) is 3. The number of fused-ring (bicyclic) bond motifs is 1.